The van der Waals surface area contributed by atoms with Crippen LogP contribution in [0.2, 0.25) is 0 Å². The first-order valence-corrected chi connectivity index (χ1v) is 7.47. The second-order valence-electron chi connectivity index (χ2n) is 5.57. The lowest BCUT2D eigenvalue weighted by Crippen LogP contribution is -2.33. The molecular formula is C17H15FN4O. The van der Waals surface area contributed by atoms with E-state index in [1.807, 2.05) is 24.3 Å². The zero-order chi connectivity index (χ0) is 15.8. The van der Waals surface area contributed by atoms with Crippen LogP contribution in [0.25, 0.3) is 10.9 Å². The molecule has 0 aliphatic carbocycles. The van der Waals surface area contributed by atoms with Crippen molar-refractivity contribution in [2.45, 2.75) is 6.54 Å². The van der Waals surface area contributed by atoms with Crippen LogP contribution in [0, 0.1) is 5.82 Å². The summed E-state index contributed by atoms with van der Waals surface area (Å²) < 4.78 is 13.5. The largest absolute Gasteiger partial charge is 0.383 e. The molecule has 0 saturated heterocycles. The van der Waals surface area contributed by atoms with Crippen molar-refractivity contribution < 1.29 is 9.18 Å². The molecule has 2 aromatic carbocycles. The number of para-hydroxylation sites is 1. The van der Waals surface area contributed by atoms with Crippen LogP contribution in [-0.4, -0.2) is 34.1 Å². The molecule has 1 aliphatic heterocycles. The van der Waals surface area contributed by atoms with Gasteiger partial charge in [-0.3, -0.25) is 9.89 Å². The zero-order valence-corrected chi connectivity index (χ0v) is 12.3. The Balaban J connectivity index is 1.69. The highest BCUT2D eigenvalue weighted by Gasteiger charge is 2.23. The number of carbonyl (C=O) groups excluding carboxylic acids is 1. The molecule has 0 spiro atoms. The number of nitrogens with one attached hydrogen (secondary N) is 2. The van der Waals surface area contributed by atoms with E-state index in [-0.39, 0.29) is 17.4 Å². The lowest BCUT2D eigenvalue weighted by molar-refractivity contribution is 0.0749. The molecule has 0 atom stereocenters. The fourth-order valence-electron chi connectivity index (χ4n) is 2.91. The molecule has 4 rings (SSSR count). The van der Waals surface area contributed by atoms with E-state index in [2.05, 4.69) is 15.5 Å². The average molecular weight is 310 g/mol. The van der Waals surface area contributed by atoms with E-state index in [9.17, 15) is 9.18 Å². The van der Waals surface area contributed by atoms with Gasteiger partial charge in [-0.25, -0.2) is 4.39 Å². The van der Waals surface area contributed by atoms with Crippen molar-refractivity contribution in [3.8, 4) is 0 Å². The molecule has 3 aromatic rings. The van der Waals surface area contributed by atoms with Crippen molar-refractivity contribution in [3.63, 3.8) is 0 Å². The van der Waals surface area contributed by atoms with Gasteiger partial charge >= 0.3 is 0 Å². The van der Waals surface area contributed by atoms with Crippen molar-refractivity contribution in [2.75, 3.05) is 18.4 Å². The molecule has 23 heavy (non-hydrogen) atoms. The highest BCUT2D eigenvalue weighted by Crippen LogP contribution is 2.23. The Morgan fingerprint density at radius 1 is 1.22 bits per heavy atom. The Bertz CT molecular complexity index is 889. The number of aromatic nitrogens is 2. The third-order valence-electron chi connectivity index (χ3n) is 4.09. The molecule has 1 amide bonds. The van der Waals surface area contributed by atoms with Gasteiger partial charge in [0.25, 0.3) is 5.91 Å². The standard InChI is InChI=1S/C17H15FN4O/c18-12-5-6-15-13(9-12)16(21-20-15)17(23)22-8-7-19-14-4-2-1-3-11(14)10-22/h1-6,9,19H,7-8,10H2,(H,20,21). The summed E-state index contributed by atoms with van der Waals surface area (Å²) in [5, 5.41) is 10.7. The van der Waals surface area contributed by atoms with Gasteiger partial charge < -0.3 is 10.2 Å². The predicted octanol–water partition coefficient (Wildman–Crippen LogP) is 2.77. The number of fused-ring (bicyclic) bond motifs is 2. The summed E-state index contributed by atoms with van der Waals surface area (Å²) >= 11 is 0. The number of halogens is 1. The topological polar surface area (TPSA) is 61.0 Å². The highest BCUT2D eigenvalue weighted by molar-refractivity contribution is 6.04. The second-order valence-corrected chi connectivity index (χ2v) is 5.57. The Morgan fingerprint density at radius 2 is 2.09 bits per heavy atom. The van der Waals surface area contributed by atoms with Crippen molar-refractivity contribution in [3.05, 3.63) is 59.5 Å². The van der Waals surface area contributed by atoms with Gasteiger partial charge in [0, 0.05) is 30.7 Å². The van der Waals surface area contributed by atoms with Crippen LogP contribution in [0.5, 0.6) is 0 Å². The first-order chi connectivity index (χ1) is 11.2. The Morgan fingerprint density at radius 3 is 3.00 bits per heavy atom. The number of aromatic amines is 1. The number of rotatable bonds is 1. The minimum Gasteiger partial charge on any atom is -0.383 e. The number of hydrogen-bond acceptors (Lipinski definition) is 3. The number of hydrogen-bond donors (Lipinski definition) is 2. The van der Waals surface area contributed by atoms with Gasteiger partial charge in [-0.15, -0.1) is 0 Å². The average Bonchev–Trinajstić information content (AvgIpc) is 2.84. The summed E-state index contributed by atoms with van der Waals surface area (Å²) in [5.74, 6) is -0.573. The van der Waals surface area contributed by atoms with Gasteiger partial charge in [0.2, 0.25) is 0 Å². The molecule has 116 valence electrons. The first-order valence-electron chi connectivity index (χ1n) is 7.47. The monoisotopic (exact) mass is 310 g/mol. The number of nitrogens with zero attached hydrogens (tertiary/aromatic N) is 2. The minimum absolute atomic E-state index is 0.194. The number of H-pyrrole nitrogens is 1. The lowest BCUT2D eigenvalue weighted by atomic mass is 10.1. The number of amides is 1. The van der Waals surface area contributed by atoms with Crippen LogP contribution in [0.4, 0.5) is 10.1 Å². The van der Waals surface area contributed by atoms with Gasteiger partial charge in [-0.1, -0.05) is 18.2 Å². The molecule has 6 heteroatoms. The van der Waals surface area contributed by atoms with Crippen LogP contribution >= 0.6 is 0 Å². The molecule has 5 nitrogen and oxygen atoms in total. The Kier molecular flexibility index (Phi) is 3.22. The van der Waals surface area contributed by atoms with Crippen LogP contribution in [0.15, 0.2) is 42.5 Å². The fraction of sp³-hybridized carbons (Fsp3) is 0.176. The zero-order valence-electron chi connectivity index (χ0n) is 12.3. The summed E-state index contributed by atoms with van der Waals surface area (Å²) in [4.78, 5) is 14.6. The summed E-state index contributed by atoms with van der Waals surface area (Å²) in [6, 6.07) is 12.2. The van der Waals surface area contributed by atoms with E-state index in [4.69, 9.17) is 0 Å². The maximum Gasteiger partial charge on any atom is 0.275 e. The molecule has 0 bridgehead atoms. The maximum atomic E-state index is 13.5. The quantitative estimate of drug-likeness (QED) is 0.726. The van der Waals surface area contributed by atoms with Crippen LogP contribution < -0.4 is 5.32 Å². The molecule has 0 fully saturated rings. The van der Waals surface area contributed by atoms with Gasteiger partial charge in [0.1, 0.15) is 5.82 Å². The molecular weight excluding hydrogens is 295 g/mol. The molecule has 0 unspecified atom stereocenters. The van der Waals surface area contributed by atoms with Crippen molar-refractivity contribution in [1.29, 1.82) is 0 Å². The molecule has 1 aromatic heterocycles. The highest BCUT2D eigenvalue weighted by atomic mass is 19.1. The summed E-state index contributed by atoms with van der Waals surface area (Å²) in [7, 11) is 0. The Labute approximate surface area is 132 Å². The Hall–Kier alpha value is -2.89. The normalized spacial score (nSPS) is 14.2. The van der Waals surface area contributed by atoms with Gasteiger partial charge in [-0.05, 0) is 29.8 Å². The van der Waals surface area contributed by atoms with E-state index < -0.39 is 0 Å². The molecule has 1 aliphatic rings. The van der Waals surface area contributed by atoms with E-state index in [1.54, 1.807) is 11.0 Å². The van der Waals surface area contributed by atoms with E-state index in [0.29, 0.717) is 30.5 Å². The van der Waals surface area contributed by atoms with E-state index >= 15 is 0 Å². The third-order valence-corrected chi connectivity index (χ3v) is 4.09. The predicted molar refractivity (Wildman–Crippen MR) is 85.7 cm³/mol. The number of anilines is 1. The van der Waals surface area contributed by atoms with E-state index in [1.165, 1.54) is 12.1 Å². The summed E-state index contributed by atoms with van der Waals surface area (Å²) in [6.07, 6.45) is 0. The van der Waals surface area contributed by atoms with Crippen molar-refractivity contribution >= 4 is 22.5 Å². The van der Waals surface area contributed by atoms with Crippen molar-refractivity contribution in [2.24, 2.45) is 0 Å². The van der Waals surface area contributed by atoms with Crippen LogP contribution in [0.1, 0.15) is 16.1 Å². The van der Waals surface area contributed by atoms with Crippen LogP contribution in [0.3, 0.4) is 0 Å². The van der Waals surface area contributed by atoms with Gasteiger partial charge in [0.15, 0.2) is 5.69 Å². The van der Waals surface area contributed by atoms with Crippen molar-refractivity contribution in [1.82, 2.24) is 15.1 Å². The van der Waals surface area contributed by atoms with E-state index in [0.717, 1.165) is 11.3 Å². The smallest absolute Gasteiger partial charge is 0.275 e. The van der Waals surface area contributed by atoms with Gasteiger partial charge in [-0.2, -0.15) is 5.10 Å². The SMILES string of the molecule is O=C(c1n[nH]c2ccc(F)cc12)N1CCNc2ccccc2C1. The summed E-state index contributed by atoms with van der Waals surface area (Å²) in [6.45, 7) is 1.74. The third kappa shape index (κ3) is 2.42. The summed E-state index contributed by atoms with van der Waals surface area (Å²) in [5.41, 5.74) is 3.02. The second kappa shape index (κ2) is 5.39. The minimum atomic E-state index is -0.379. The molecule has 2 heterocycles. The first kappa shape index (κ1) is 13.8. The fourth-order valence-corrected chi connectivity index (χ4v) is 2.91. The number of benzene rings is 2. The maximum absolute atomic E-state index is 13.5. The molecule has 2 N–H and O–H groups in total. The van der Waals surface area contributed by atoms with Crippen LogP contribution in [-0.2, 0) is 6.54 Å². The van der Waals surface area contributed by atoms with Gasteiger partial charge in [0.05, 0.1) is 5.52 Å². The lowest BCUT2D eigenvalue weighted by Gasteiger charge is -2.19. The molecule has 0 radical (unpaired) electrons. The molecule has 0 saturated carbocycles. The number of carbonyl (C=O) groups is 1.